The summed E-state index contributed by atoms with van der Waals surface area (Å²) in [6.45, 7) is 0. The molecule has 0 aromatic carbocycles. The molecule has 3 aliphatic heterocycles. The molecule has 5 atom stereocenters. The topological polar surface area (TPSA) is 169 Å². The van der Waals surface area contributed by atoms with Crippen molar-refractivity contribution in [2.45, 2.75) is 37.6 Å². The first-order chi connectivity index (χ1) is 12.9. The standard InChI is InChI=1S/C17H14N6O4/c18-6-15-9-3-1-2-4-17(9,27-13(15)21)26-11-8-5-10(24)22-14(25)23(8)12(20)16(11,15)7-19/h5,9,11,20-21H,1-4H2,(H,22,24,25). The van der Waals surface area contributed by atoms with Crippen molar-refractivity contribution in [2.75, 3.05) is 0 Å². The molecular weight excluding hydrogens is 352 g/mol. The summed E-state index contributed by atoms with van der Waals surface area (Å²) >= 11 is 0. The quantitative estimate of drug-likeness (QED) is 0.599. The Morgan fingerprint density at radius 3 is 2.67 bits per heavy atom. The van der Waals surface area contributed by atoms with Crippen molar-refractivity contribution in [1.82, 2.24) is 9.55 Å². The van der Waals surface area contributed by atoms with E-state index in [0.29, 0.717) is 12.8 Å². The summed E-state index contributed by atoms with van der Waals surface area (Å²) in [5.74, 6) is -2.74. The maximum atomic E-state index is 12.4. The SMILES string of the molecule is N#CC12C(=N)n3c(cc(=O)[nH]c3=O)C1OC13CCCCC1C2(C#N)C(=N)O3. The fourth-order valence-corrected chi connectivity index (χ4v) is 5.43. The van der Waals surface area contributed by atoms with Crippen LogP contribution in [0.4, 0.5) is 0 Å². The van der Waals surface area contributed by atoms with Crippen LogP contribution in [0, 0.1) is 50.2 Å². The molecule has 4 aliphatic rings. The fourth-order valence-electron chi connectivity index (χ4n) is 5.43. The second-order valence-electron chi connectivity index (χ2n) is 7.43. The molecule has 1 saturated carbocycles. The number of fused-ring (bicyclic) bond motifs is 4. The minimum Gasteiger partial charge on any atom is -0.447 e. The molecule has 0 amide bonds. The first kappa shape index (κ1) is 16.0. The van der Waals surface area contributed by atoms with E-state index in [4.69, 9.17) is 20.3 Å². The Bertz CT molecular complexity index is 1140. The van der Waals surface area contributed by atoms with Gasteiger partial charge in [-0.1, -0.05) is 6.42 Å². The van der Waals surface area contributed by atoms with Crippen molar-refractivity contribution in [3.63, 3.8) is 0 Å². The minimum absolute atomic E-state index is 0.0385. The monoisotopic (exact) mass is 366 g/mol. The Kier molecular flexibility index (Phi) is 2.68. The van der Waals surface area contributed by atoms with Gasteiger partial charge in [0.2, 0.25) is 11.7 Å². The van der Waals surface area contributed by atoms with Crippen LogP contribution in [0.15, 0.2) is 15.7 Å². The highest BCUT2D eigenvalue weighted by molar-refractivity contribution is 6.03. The van der Waals surface area contributed by atoms with Gasteiger partial charge in [0.15, 0.2) is 10.8 Å². The van der Waals surface area contributed by atoms with Crippen LogP contribution >= 0.6 is 0 Å². The molecule has 4 heterocycles. The molecule has 3 N–H and O–H groups in total. The Hall–Kier alpha value is -3.24. The van der Waals surface area contributed by atoms with Crippen LogP contribution in [0.3, 0.4) is 0 Å². The second kappa shape index (κ2) is 4.53. The lowest BCUT2D eigenvalue weighted by atomic mass is 9.51. The van der Waals surface area contributed by atoms with Gasteiger partial charge in [0, 0.05) is 12.5 Å². The van der Waals surface area contributed by atoms with Gasteiger partial charge in [-0.25, -0.2) is 9.36 Å². The van der Waals surface area contributed by atoms with Crippen molar-refractivity contribution in [3.8, 4) is 12.1 Å². The Labute approximate surface area is 152 Å². The van der Waals surface area contributed by atoms with E-state index in [9.17, 15) is 20.1 Å². The van der Waals surface area contributed by atoms with Gasteiger partial charge in [-0.3, -0.25) is 20.6 Å². The summed E-state index contributed by atoms with van der Waals surface area (Å²) in [6.07, 6.45) is 1.26. The highest BCUT2D eigenvalue weighted by Crippen LogP contribution is 2.71. The molecule has 5 unspecified atom stereocenters. The summed E-state index contributed by atoms with van der Waals surface area (Å²) < 4.78 is 12.9. The predicted octanol–water partition coefficient (Wildman–Crippen LogP) is 0.361. The molecule has 2 saturated heterocycles. The summed E-state index contributed by atoms with van der Waals surface area (Å²) in [4.78, 5) is 26.3. The first-order valence-electron chi connectivity index (χ1n) is 8.62. The highest BCUT2D eigenvalue weighted by Gasteiger charge is 2.83. The van der Waals surface area contributed by atoms with E-state index in [1.165, 1.54) is 0 Å². The molecule has 5 rings (SSSR count). The van der Waals surface area contributed by atoms with Gasteiger partial charge < -0.3 is 9.47 Å². The third-order valence-corrected chi connectivity index (χ3v) is 6.48. The lowest BCUT2D eigenvalue weighted by molar-refractivity contribution is -0.291. The maximum absolute atomic E-state index is 12.4. The number of rotatable bonds is 0. The number of hydrogen-bond acceptors (Lipinski definition) is 8. The lowest BCUT2D eigenvalue weighted by Crippen LogP contribution is -2.61. The predicted molar refractivity (Wildman–Crippen MR) is 87.9 cm³/mol. The second-order valence-corrected chi connectivity index (χ2v) is 7.43. The molecule has 1 aromatic rings. The van der Waals surface area contributed by atoms with Gasteiger partial charge in [0.05, 0.1) is 23.8 Å². The van der Waals surface area contributed by atoms with Gasteiger partial charge in [0.1, 0.15) is 11.9 Å². The zero-order valence-electron chi connectivity index (χ0n) is 14.0. The van der Waals surface area contributed by atoms with E-state index in [1.807, 2.05) is 6.07 Å². The average Bonchev–Trinajstić information content (AvgIpc) is 3.00. The van der Waals surface area contributed by atoms with Crippen LogP contribution < -0.4 is 11.2 Å². The normalized spacial score (nSPS) is 41.0. The fraction of sp³-hybridized carbons (Fsp3) is 0.529. The molecule has 27 heavy (non-hydrogen) atoms. The Morgan fingerprint density at radius 1 is 1.22 bits per heavy atom. The molecule has 1 aliphatic carbocycles. The van der Waals surface area contributed by atoms with E-state index >= 15 is 0 Å². The van der Waals surface area contributed by atoms with Gasteiger partial charge in [-0.05, 0) is 12.8 Å². The van der Waals surface area contributed by atoms with Crippen LogP contribution in [0.5, 0.6) is 0 Å². The minimum atomic E-state index is -1.95. The zero-order chi connectivity index (χ0) is 19.2. The van der Waals surface area contributed by atoms with E-state index in [2.05, 4.69) is 11.1 Å². The van der Waals surface area contributed by atoms with E-state index in [0.717, 1.165) is 23.5 Å². The van der Waals surface area contributed by atoms with Crippen molar-refractivity contribution < 1.29 is 9.47 Å². The molecule has 3 fully saturated rings. The maximum Gasteiger partial charge on any atom is 0.334 e. The molecule has 10 nitrogen and oxygen atoms in total. The summed E-state index contributed by atoms with van der Waals surface area (Å²) in [6, 6.07) is 5.26. The van der Waals surface area contributed by atoms with Gasteiger partial charge in [-0.15, -0.1) is 0 Å². The van der Waals surface area contributed by atoms with Gasteiger partial charge in [-0.2, -0.15) is 10.5 Å². The number of nitriles is 2. The Balaban J connectivity index is 1.91. The molecule has 2 bridgehead atoms. The largest absolute Gasteiger partial charge is 0.447 e. The van der Waals surface area contributed by atoms with Crippen molar-refractivity contribution in [2.24, 2.45) is 16.7 Å². The number of hydrogen-bond donors (Lipinski definition) is 3. The van der Waals surface area contributed by atoms with Crippen LogP contribution in [-0.2, 0) is 9.47 Å². The van der Waals surface area contributed by atoms with Crippen molar-refractivity contribution in [3.05, 3.63) is 32.6 Å². The van der Waals surface area contributed by atoms with E-state index in [1.54, 1.807) is 0 Å². The van der Waals surface area contributed by atoms with Crippen LogP contribution in [0.2, 0.25) is 0 Å². The number of aromatic amines is 1. The number of H-pyrrole nitrogens is 1. The number of aromatic nitrogens is 2. The number of nitrogens with zero attached hydrogens (tertiary/aromatic N) is 3. The molecule has 1 aromatic heterocycles. The molecular formula is C17H14N6O4. The first-order valence-corrected chi connectivity index (χ1v) is 8.62. The lowest BCUT2D eigenvalue weighted by Gasteiger charge is -2.51. The number of nitrogens with one attached hydrogen (secondary N) is 3. The number of ether oxygens (including phenoxy) is 2. The molecule has 0 spiro atoms. The van der Waals surface area contributed by atoms with Crippen LogP contribution in [-0.4, -0.2) is 27.1 Å². The smallest absolute Gasteiger partial charge is 0.334 e. The summed E-state index contributed by atoms with van der Waals surface area (Å²) in [7, 11) is 0. The third-order valence-electron chi connectivity index (χ3n) is 6.48. The molecule has 0 radical (unpaired) electrons. The van der Waals surface area contributed by atoms with Crippen molar-refractivity contribution in [1.29, 1.82) is 21.3 Å². The average molecular weight is 366 g/mol. The highest BCUT2D eigenvalue weighted by atomic mass is 16.7. The van der Waals surface area contributed by atoms with Crippen LogP contribution in [0.1, 0.15) is 37.5 Å². The summed E-state index contributed by atoms with van der Waals surface area (Å²) in [5, 5.41) is 37.5. The zero-order valence-corrected chi connectivity index (χ0v) is 14.0. The van der Waals surface area contributed by atoms with Crippen molar-refractivity contribution >= 4 is 11.7 Å². The van der Waals surface area contributed by atoms with E-state index in [-0.39, 0.29) is 5.69 Å². The van der Waals surface area contributed by atoms with Gasteiger partial charge >= 0.3 is 5.69 Å². The summed E-state index contributed by atoms with van der Waals surface area (Å²) in [5.41, 5.74) is -5.23. The molecule has 136 valence electrons. The Morgan fingerprint density at radius 2 is 1.96 bits per heavy atom. The molecule has 10 heteroatoms. The van der Waals surface area contributed by atoms with Crippen LogP contribution in [0.25, 0.3) is 0 Å². The van der Waals surface area contributed by atoms with Gasteiger partial charge in [0.25, 0.3) is 5.56 Å². The third kappa shape index (κ3) is 1.40. The van der Waals surface area contributed by atoms with E-state index < -0.39 is 51.6 Å².